The number of hydrogen-bond donors (Lipinski definition) is 1. The monoisotopic (exact) mass is 259 g/mol. The highest BCUT2D eigenvalue weighted by molar-refractivity contribution is 5.32. The molecule has 4 nitrogen and oxygen atoms in total. The van der Waals surface area contributed by atoms with Crippen LogP contribution in [-0.2, 0) is 18.0 Å². The highest BCUT2D eigenvalue weighted by Gasteiger charge is 2.03. The lowest BCUT2D eigenvalue weighted by Crippen LogP contribution is -1.96. The van der Waals surface area contributed by atoms with Crippen LogP contribution in [0, 0.1) is 6.92 Å². The van der Waals surface area contributed by atoms with Crippen molar-refractivity contribution in [3.63, 3.8) is 0 Å². The molecule has 0 aliphatic carbocycles. The molecular formula is C15H17NO3. The van der Waals surface area contributed by atoms with E-state index in [2.05, 4.69) is 4.98 Å². The number of benzene rings is 1. The van der Waals surface area contributed by atoms with Gasteiger partial charge in [-0.3, -0.25) is 0 Å². The number of aryl methyl sites for hydroxylation is 1. The van der Waals surface area contributed by atoms with Crippen molar-refractivity contribution in [2.75, 3.05) is 7.11 Å². The van der Waals surface area contributed by atoms with Gasteiger partial charge < -0.3 is 14.6 Å². The van der Waals surface area contributed by atoms with Gasteiger partial charge >= 0.3 is 0 Å². The minimum atomic E-state index is -0.0115. The zero-order chi connectivity index (χ0) is 13.7. The first-order chi connectivity index (χ1) is 9.22. The molecule has 4 heteroatoms. The van der Waals surface area contributed by atoms with E-state index in [1.807, 2.05) is 37.3 Å². The maximum atomic E-state index is 9.10. The van der Waals surface area contributed by atoms with Gasteiger partial charge in [0.25, 0.3) is 0 Å². The standard InChI is InChI=1S/C15H17NO3/c1-11-13(9-17)6-7-15(16-11)19-14-5-3-4-12(8-14)10-18-2/h3-8,17H,9-10H2,1-2H3. The first-order valence-corrected chi connectivity index (χ1v) is 6.06. The molecule has 0 aliphatic heterocycles. The van der Waals surface area contributed by atoms with Crippen LogP contribution < -0.4 is 4.74 Å². The zero-order valence-corrected chi connectivity index (χ0v) is 11.1. The number of ether oxygens (including phenoxy) is 2. The topological polar surface area (TPSA) is 51.6 Å². The van der Waals surface area contributed by atoms with Crippen molar-refractivity contribution in [1.82, 2.24) is 4.98 Å². The molecular weight excluding hydrogens is 242 g/mol. The highest BCUT2D eigenvalue weighted by Crippen LogP contribution is 2.22. The molecule has 100 valence electrons. The Morgan fingerprint density at radius 1 is 1.21 bits per heavy atom. The molecule has 0 bridgehead atoms. The van der Waals surface area contributed by atoms with Crippen LogP contribution in [0.3, 0.4) is 0 Å². The van der Waals surface area contributed by atoms with Gasteiger partial charge in [0.1, 0.15) is 5.75 Å². The molecule has 0 saturated heterocycles. The molecule has 0 saturated carbocycles. The Morgan fingerprint density at radius 2 is 2.05 bits per heavy atom. The summed E-state index contributed by atoms with van der Waals surface area (Å²) in [5, 5.41) is 9.10. The fourth-order valence-corrected chi connectivity index (χ4v) is 1.78. The summed E-state index contributed by atoms with van der Waals surface area (Å²) in [5.74, 6) is 1.24. The van der Waals surface area contributed by atoms with Crippen molar-refractivity contribution < 1.29 is 14.6 Å². The summed E-state index contributed by atoms with van der Waals surface area (Å²) in [6, 6.07) is 11.2. The molecule has 2 aromatic rings. The second-order valence-corrected chi connectivity index (χ2v) is 4.23. The molecule has 0 atom stereocenters. The maximum absolute atomic E-state index is 9.10. The van der Waals surface area contributed by atoms with Crippen LogP contribution in [0.5, 0.6) is 11.6 Å². The third-order valence-electron chi connectivity index (χ3n) is 2.77. The molecule has 1 heterocycles. The Bertz CT molecular complexity index is 555. The number of pyridine rings is 1. The van der Waals surface area contributed by atoms with Crippen molar-refractivity contribution in [3.05, 3.63) is 53.2 Å². The molecule has 1 aromatic carbocycles. The average molecular weight is 259 g/mol. The zero-order valence-electron chi connectivity index (χ0n) is 11.1. The maximum Gasteiger partial charge on any atom is 0.219 e. The quantitative estimate of drug-likeness (QED) is 0.897. The summed E-state index contributed by atoms with van der Waals surface area (Å²) in [4.78, 5) is 4.30. The normalized spacial score (nSPS) is 10.5. The number of aromatic nitrogens is 1. The second-order valence-electron chi connectivity index (χ2n) is 4.23. The molecule has 19 heavy (non-hydrogen) atoms. The Labute approximate surface area is 112 Å². The minimum absolute atomic E-state index is 0.0115. The SMILES string of the molecule is COCc1cccc(Oc2ccc(CO)c(C)n2)c1. The van der Waals surface area contributed by atoms with Crippen LogP contribution in [0.15, 0.2) is 36.4 Å². The van der Waals surface area contributed by atoms with Gasteiger partial charge in [-0.2, -0.15) is 0 Å². The molecule has 0 aliphatic rings. The first-order valence-electron chi connectivity index (χ1n) is 6.06. The Kier molecular flexibility index (Phi) is 4.49. The number of rotatable bonds is 5. The summed E-state index contributed by atoms with van der Waals surface area (Å²) in [6.45, 7) is 2.38. The molecule has 0 radical (unpaired) electrons. The molecule has 0 unspecified atom stereocenters. The fraction of sp³-hybridized carbons (Fsp3) is 0.267. The summed E-state index contributed by atoms with van der Waals surface area (Å²) < 4.78 is 10.8. The van der Waals surface area contributed by atoms with Crippen LogP contribution >= 0.6 is 0 Å². The summed E-state index contributed by atoms with van der Waals surface area (Å²) >= 11 is 0. The highest BCUT2D eigenvalue weighted by atomic mass is 16.5. The average Bonchev–Trinajstić information content (AvgIpc) is 2.40. The van der Waals surface area contributed by atoms with E-state index in [0.29, 0.717) is 12.5 Å². The van der Waals surface area contributed by atoms with Gasteiger partial charge in [-0.25, -0.2) is 4.98 Å². The number of methoxy groups -OCH3 is 1. The van der Waals surface area contributed by atoms with Crippen LogP contribution in [0.25, 0.3) is 0 Å². The van der Waals surface area contributed by atoms with E-state index in [-0.39, 0.29) is 6.61 Å². The summed E-state index contributed by atoms with van der Waals surface area (Å²) in [6.07, 6.45) is 0. The van der Waals surface area contributed by atoms with Crippen molar-refractivity contribution >= 4 is 0 Å². The van der Waals surface area contributed by atoms with Crippen molar-refractivity contribution in [2.24, 2.45) is 0 Å². The van der Waals surface area contributed by atoms with E-state index in [1.54, 1.807) is 13.2 Å². The predicted octanol–water partition coefficient (Wildman–Crippen LogP) is 2.82. The number of aliphatic hydroxyl groups is 1. The van der Waals surface area contributed by atoms with E-state index in [4.69, 9.17) is 14.6 Å². The van der Waals surface area contributed by atoms with Crippen LogP contribution in [-0.4, -0.2) is 17.2 Å². The molecule has 1 N–H and O–H groups in total. The molecule has 0 amide bonds. The molecule has 1 aromatic heterocycles. The smallest absolute Gasteiger partial charge is 0.219 e. The minimum Gasteiger partial charge on any atom is -0.439 e. The van der Waals surface area contributed by atoms with E-state index >= 15 is 0 Å². The molecule has 2 rings (SSSR count). The van der Waals surface area contributed by atoms with Crippen molar-refractivity contribution in [1.29, 1.82) is 0 Å². The van der Waals surface area contributed by atoms with Crippen LogP contribution in [0.4, 0.5) is 0 Å². The number of hydrogen-bond acceptors (Lipinski definition) is 4. The summed E-state index contributed by atoms with van der Waals surface area (Å²) in [7, 11) is 1.66. The lowest BCUT2D eigenvalue weighted by atomic mass is 10.2. The van der Waals surface area contributed by atoms with Gasteiger partial charge in [0.05, 0.1) is 13.2 Å². The Morgan fingerprint density at radius 3 is 2.74 bits per heavy atom. The van der Waals surface area contributed by atoms with Gasteiger partial charge in [-0.05, 0) is 36.2 Å². The summed E-state index contributed by atoms with van der Waals surface area (Å²) in [5.41, 5.74) is 2.62. The van der Waals surface area contributed by atoms with Gasteiger partial charge in [0, 0.05) is 18.9 Å². The molecule has 0 spiro atoms. The third-order valence-corrected chi connectivity index (χ3v) is 2.77. The van der Waals surface area contributed by atoms with Crippen molar-refractivity contribution in [3.8, 4) is 11.6 Å². The lowest BCUT2D eigenvalue weighted by molar-refractivity contribution is 0.184. The largest absolute Gasteiger partial charge is 0.439 e. The second kappa shape index (κ2) is 6.31. The van der Waals surface area contributed by atoms with E-state index in [0.717, 1.165) is 22.6 Å². The number of nitrogens with zero attached hydrogens (tertiary/aromatic N) is 1. The van der Waals surface area contributed by atoms with Crippen LogP contribution in [0.1, 0.15) is 16.8 Å². The van der Waals surface area contributed by atoms with Gasteiger partial charge in [0.2, 0.25) is 5.88 Å². The number of aliphatic hydroxyl groups excluding tert-OH is 1. The van der Waals surface area contributed by atoms with Crippen LogP contribution in [0.2, 0.25) is 0 Å². The fourth-order valence-electron chi connectivity index (χ4n) is 1.78. The van der Waals surface area contributed by atoms with E-state index < -0.39 is 0 Å². The Hall–Kier alpha value is -1.91. The lowest BCUT2D eigenvalue weighted by Gasteiger charge is -2.08. The van der Waals surface area contributed by atoms with Crippen molar-refractivity contribution in [2.45, 2.75) is 20.1 Å². The third kappa shape index (κ3) is 3.53. The van der Waals surface area contributed by atoms with E-state index in [9.17, 15) is 0 Å². The Balaban J connectivity index is 2.16. The van der Waals surface area contributed by atoms with Gasteiger partial charge in [0.15, 0.2) is 0 Å². The van der Waals surface area contributed by atoms with Gasteiger partial charge in [-0.1, -0.05) is 12.1 Å². The van der Waals surface area contributed by atoms with Gasteiger partial charge in [-0.15, -0.1) is 0 Å². The molecule has 0 fully saturated rings. The van der Waals surface area contributed by atoms with E-state index in [1.165, 1.54) is 0 Å². The predicted molar refractivity (Wildman–Crippen MR) is 72.1 cm³/mol. The first kappa shape index (κ1) is 13.5.